The smallest absolute Gasteiger partial charge is 0.410 e. The summed E-state index contributed by atoms with van der Waals surface area (Å²) in [5.74, 6) is 0.641. The normalized spacial score (nSPS) is 18.0. The number of carbonyl (C=O) groups is 1. The third-order valence-corrected chi connectivity index (χ3v) is 5.20. The molecule has 0 aromatic carbocycles. The van der Waals surface area contributed by atoms with E-state index >= 15 is 0 Å². The van der Waals surface area contributed by atoms with Crippen LogP contribution >= 0.6 is 11.3 Å². The van der Waals surface area contributed by atoms with Crippen LogP contribution in [0.2, 0.25) is 0 Å². The van der Waals surface area contributed by atoms with E-state index in [0.29, 0.717) is 12.0 Å². The minimum atomic E-state index is -0.412. The molecule has 5 heteroatoms. The number of likely N-dealkylation sites (tertiary alicyclic amines) is 1. The molecule has 2 heterocycles. The van der Waals surface area contributed by atoms with Gasteiger partial charge in [-0.3, -0.25) is 0 Å². The zero-order valence-corrected chi connectivity index (χ0v) is 15.6. The highest BCUT2D eigenvalue weighted by Crippen LogP contribution is 2.24. The minimum Gasteiger partial charge on any atom is -0.444 e. The van der Waals surface area contributed by atoms with E-state index in [9.17, 15) is 4.79 Å². The molecule has 0 aliphatic carbocycles. The number of rotatable bonds is 5. The highest BCUT2D eigenvalue weighted by atomic mass is 32.1. The maximum atomic E-state index is 12.1. The quantitative estimate of drug-likeness (QED) is 0.863. The van der Waals surface area contributed by atoms with Crippen molar-refractivity contribution in [3.8, 4) is 0 Å². The lowest BCUT2D eigenvalue weighted by Gasteiger charge is -2.34. The standard InChI is InChI=1S/C18H30N2O2S/c1-5-15(16-7-6-12-23-16)19-13-14-8-10-20(11-9-14)17(21)22-18(2,3)4/h6-7,12,14-15,19H,5,8-11,13H2,1-4H3. The Kier molecular flexibility index (Phi) is 6.48. The van der Waals surface area contributed by atoms with Crippen molar-refractivity contribution in [3.63, 3.8) is 0 Å². The van der Waals surface area contributed by atoms with Gasteiger partial charge in [-0.05, 0) is 63.9 Å². The van der Waals surface area contributed by atoms with Gasteiger partial charge in [0.05, 0.1) is 0 Å². The van der Waals surface area contributed by atoms with E-state index in [2.05, 4.69) is 29.8 Å². The molecule has 1 amide bonds. The number of nitrogens with zero attached hydrogens (tertiary/aromatic N) is 1. The lowest BCUT2D eigenvalue weighted by Crippen LogP contribution is -2.43. The highest BCUT2D eigenvalue weighted by molar-refractivity contribution is 7.10. The molecule has 1 aromatic heterocycles. The Morgan fingerprint density at radius 3 is 2.65 bits per heavy atom. The SMILES string of the molecule is CCC(NCC1CCN(C(=O)OC(C)(C)C)CC1)c1cccs1. The summed E-state index contributed by atoms with van der Waals surface area (Å²) in [6.45, 7) is 10.6. The molecule has 23 heavy (non-hydrogen) atoms. The van der Waals surface area contributed by atoms with E-state index < -0.39 is 5.60 Å². The topological polar surface area (TPSA) is 41.6 Å². The molecule has 1 N–H and O–H groups in total. The molecule has 0 saturated carbocycles. The number of ether oxygens (including phenoxy) is 1. The molecule has 1 aliphatic rings. The first-order chi connectivity index (χ1) is 10.9. The third kappa shape index (κ3) is 5.81. The van der Waals surface area contributed by atoms with E-state index in [1.807, 2.05) is 37.0 Å². The predicted molar refractivity (Wildman–Crippen MR) is 95.9 cm³/mol. The van der Waals surface area contributed by atoms with E-state index in [-0.39, 0.29) is 6.09 Å². The van der Waals surface area contributed by atoms with Crippen LogP contribution in [-0.4, -0.2) is 36.2 Å². The lowest BCUT2D eigenvalue weighted by atomic mass is 9.96. The maximum Gasteiger partial charge on any atom is 0.410 e. The molecule has 1 saturated heterocycles. The zero-order valence-electron chi connectivity index (χ0n) is 14.8. The average Bonchev–Trinajstić information content (AvgIpc) is 3.01. The number of nitrogens with one attached hydrogen (secondary N) is 1. The van der Waals surface area contributed by atoms with Gasteiger partial charge in [0.15, 0.2) is 0 Å². The molecule has 1 fully saturated rings. The first-order valence-corrected chi connectivity index (χ1v) is 9.51. The summed E-state index contributed by atoms with van der Waals surface area (Å²) < 4.78 is 5.45. The fourth-order valence-electron chi connectivity index (χ4n) is 2.89. The van der Waals surface area contributed by atoms with Crippen LogP contribution in [0.5, 0.6) is 0 Å². The fraction of sp³-hybridized carbons (Fsp3) is 0.722. The molecule has 1 atom stereocenters. The van der Waals surface area contributed by atoms with Crippen LogP contribution in [0, 0.1) is 5.92 Å². The molecule has 130 valence electrons. The number of piperidine rings is 1. The first-order valence-electron chi connectivity index (χ1n) is 8.63. The molecular weight excluding hydrogens is 308 g/mol. The molecule has 1 unspecified atom stereocenters. The maximum absolute atomic E-state index is 12.1. The third-order valence-electron chi connectivity index (χ3n) is 4.21. The Bertz CT molecular complexity index is 474. The molecule has 0 radical (unpaired) electrons. The Morgan fingerprint density at radius 2 is 2.13 bits per heavy atom. The molecule has 0 spiro atoms. The molecule has 1 aromatic rings. The fourth-order valence-corrected chi connectivity index (χ4v) is 3.78. The second-order valence-corrected chi connectivity index (χ2v) is 8.27. The lowest BCUT2D eigenvalue weighted by molar-refractivity contribution is 0.0183. The van der Waals surface area contributed by atoms with Gasteiger partial charge in [-0.2, -0.15) is 0 Å². The van der Waals surface area contributed by atoms with Crippen LogP contribution in [-0.2, 0) is 4.74 Å². The highest BCUT2D eigenvalue weighted by Gasteiger charge is 2.27. The number of thiophene rings is 1. The average molecular weight is 339 g/mol. The van der Waals surface area contributed by atoms with Gasteiger partial charge in [0.2, 0.25) is 0 Å². The van der Waals surface area contributed by atoms with E-state index in [1.165, 1.54) is 4.88 Å². The van der Waals surface area contributed by atoms with Crippen molar-refractivity contribution >= 4 is 17.4 Å². The summed E-state index contributed by atoms with van der Waals surface area (Å²) in [6.07, 6.45) is 3.03. The molecule has 0 bridgehead atoms. The van der Waals surface area contributed by atoms with Gasteiger partial charge >= 0.3 is 6.09 Å². The Hall–Kier alpha value is -1.07. The first kappa shape index (κ1) is 18.3. The molecule has 1 aliphatic heterocycles. The minimum absolute atomic E-state index is 0.172. The van der Waals surface area contributed by atoms with Crippen molar-refractivity contribution in [1.82, 2.24) is 10.2 Å². The summed E-state index contributed by atoms with van der Waals surface area (Å²) in [6, 6.07) is 4.78. The second-order valence-electron chi connectivity index (χ2n) is 7.30. The Balaban J connectivity index is 1.73. The van der Waals surface area contributed by atoms with Crippen molar-refractivity contribution < 1.29 is 9.53 Å². The van der Waals surface area contributed by atoms with Gasteiger partial charge < -0.3 is 15.0 Å². The van der Waals surface area contributed by atoms with Gasteiger partial charge in [0.25, 0.3) is 0 Å². The summed E-state index contributed by atoms with van der Waals surface area (Å²) in [4.78, 5) is 15.3. The predicted octanol–water partition coefficient (Wildman–Crippen LogP) is 4.44. The van der Waals surface area contributed by atoms with Gasteiger partial charge in [0.1, 0.15) is 5.60 Å². The van der Waals surface area contributed by atoms with E-state index in [0.717, 1.165) is 38.9 Å². The van der Waals surface area contributed by atoms with E-state index in [4.69, 9.17) is 4.74 Å². The second kappa shape index (κ2) is 8.15. The van der Waals surface area contributed by atoms with Crippen LogP contribution in [0.4, 0.5) is 4.79 Å². The largest absolute Gasteiger partial charge is 0.444 e. The van der Waals surface area contributed by atoms with Crippen molar-refractivity contribution in [2.45, 2.75) is 58.6 Å². The molecule has 2 rings (SSSR count). The van der Waals surface area contributed by atoms with Crippen molar-refractivity contribution in [2.75, 3.05) is 19.6 Å². The van der Waals surface area contributed by atoms with Gasteiger partial charge in [-0.25, -0.2) is 4.79 Å². The van der Waals surface area contributed by atoms with Gasteiger partial charge in [-0.1, -0.05) is 13.0 Å². The number of hydrogen-bond acceptors (Lipinski definition) is 4. The van der Waals surface area contributed by atoms with Crippen molar-refractivity contribution in [2.24, 2.45) is 5.92 Å². The number of hydrogen-bond donors (Lipinski definition) is 1. The Morgan fingerprint density at radius 1 is 1.43 bits per heavy atom. The monoisotopic (exact) mass is 338 g/mol. The van der Waals surface area contributed by atoms with Crippen molar-refractivity contribution in [1.29, 1.82) is 0 Å². The number of carbonyl (C=O) groups excluding carboxylic acids is 1. The summed E-state index contributed by atoms with van der Waals surface area (Å²) in [7, 11) is 0. The summed E-state index contributed by atoms with van der Waals surface area (Å²) in [5.41, 5.74) is -0.412. The zero-order chi connectivity index (χ0) is 16.9. The van der Waals surface area contributed by atoms with Gasteiger partial charge in [0, 0.05) is 24.0 Å². The van der Waals surface area contributed by atoms with Crippen LogP contribution in [0.1, 0.15) is 57.9 Å². The summed E-state index contributed by atoms with van der Waals surface area (Å²) >= 11 is 1.82. The summed E-state index contributed by atoms with van der Waals surface area (Å²) in [5, 5.41) is 5.84. The molecule has 4 nitrogen and oxygen atoms in total. The van der Waals surface area contributed by atoms with E-state index in [1.54, 1.807) is 0 Å². The van der Waals surface area contributed by atoms with Gasteiger partial charge in [-0.15, -0.1) is 11.3 Å². The van der Waals surface area contributed by atoms with Crippen LogP contribution in [0.3, 0.4) is 0 Å². The van der Waals surface area contributed by atoms with Crippen molar-refractivity contribution in [3.05, 3.63) is 22.4 Å². The van der Waals surface area contributed by atoms with Crippen LogP contribution in [0.25, 0.3) is 0 Å². The molecular formula is C18H30N2O2S. The number of amides is 1. The Labute approximate surface area is 144 Å². The van der Waals surface area contributed by atoms with Crippen LogP contribution < -0.4 is 5.32 Å². The van der Waals surface area contributed by atoms with Crippen LogP contribution in [0.15, 0.2) is 17.5 Å².